The highest BCUT2D eigenvalue weighted by Gasteiger charge is 2.14. The molecular weight excluding hydrogens is 310 g/mol. The van der Waals surface area contributed by atoms with Gasteiger partial charge in [0.1, 0.15) is 17.2 Å². The molecule has 0 aliphatic heterocycles. The number of rotatable bonds is 4. The SMILES string of the molecule is CCc1cc2c(=O)n(CC(=O)Nc3ccccc3)c(C)nc2s1. The number of para-hydroxylation sites is 1. The van der Waals surface area contributed by atoms with Crippen molar-refractivity contribution in [3.8, 4) is 0 Å². The number of thiophene rings is 1. The summed E-state index contributed by atoms with van der Waals surface area (Å²) < 4.78 is 1.42. The molecule has 0 saturated carbocycles. The van der Waals surface area contributed by atoms with Gasteiger partial charge in [-0.05, 0) is 31.5 Å². The minimum atomic E-state index is -0.242. The molecule has 6 heteroatoms. The lowest BCUT2D eigenvalue weighted by atomic mass is 10.3. The quantitative estimate of drug-likeness (QED) is 0.801. The molecular formula is C17H17N3O2S. The zero-order valence-corrected chi connectivity index (χ0v) is 13.8. The normalized spacial score (nSPS) is 10.9. The van der Waals surface area contributed by atoms with Gasteiger partial charge in [0.15, 0.2) is 0 Å². The van der Waals surface area contributed by atoms with Gasteiger partial charge in [-0.1, -0.05) is 25.1 Å². The van der Waals surface area contributed by atoms with E-state index in [9.17, 15) is 9.59 Å². The van der Waals surface area contributed by atoms with Gasteiger partial charge in [0, 0.05) is 10.6 Å². The number of fused-ring (bicyclic) bond motifs is 1. The Labute approximate surface area is 137 Å². The molecule has 1 amide bonds. The molecule has 118 valence electrons. The molecule has 0 aliphatic carbocycles. The number of amides is 1. The third-order valence-corrected chi connectivity index (χ3v) is 4.77. The molecule has 2 heterocycles. The largest absolute Gasteiger partial charge is 0.325 e. The fraction of sp³-hybridized carbons (Fsp3) is 0.235. The van der Waals surface area contributed by atoms with Crippen molar-refractivity contribution in [1.82, 2.24) is 9.55 Å². The lowest BCUT2D eigenvalue weighted by Crippen LogP contribution is -2.29. The first-order valence-electron chi connectivity index (χ1n) is 7.43. The highest BCUT2D eigenvalue weighted by atomic mass is 32.1. The van der Waals surface area contributed by atoms with Gasteiger partial charge in [-0.2, -0.15) is 0 Å². The summed E-state index contributed by atoms with van der Waals surface area (Å²) in [5, 5.41) is 3.37. The number of nitrogens with one attached hydrogen (secondary N) is 1. The van der Waals surface area contributed by atoms with Crippen LogP contribution in [0.2, 0.25) is 0 Å². The first-order chi connectivity index (χ1) is 11.1. The molecule has 0 spiro atoms. The highest BCUT2D eigenvalue weighted by Crippen LogP contribution is 2.21. The second kappa shape index (κ2) is 6.34. The molecule has 3 rings (SSSR count). The monoisotopic (exact) mass is 327 g/mol. The van der Waals surface area contributed by atoms with Crippen LogP contribution in [0.4, 0.5) is 5.69 Å². The van der Waals surface area contributed by atoms with Gasteiger partial charge in [-0.15, -0.1) is 11.3 Å². The summed E-state index contributed by atoms with van der Waals surface area (Å²) in [7, 11) is 0. The van der Waals surface area contributed by atoms with Crippen LogP contribution in [0, 0.1) is 6.92 Å². The summed E-state index contributed by atoms with van der Waals surface area (Å²) in [5.41, 5.74) is 0.549. The Bertz CT molecular complexity index is 913. The Balaban J connectivity index is 1.90. The molecule has 2 aromatic heterocycles. The number of nitrogens with zero attached hydrogens (tertiary/aromatic N) is 2. The van der Waals surface area contributed by atoms with E-state index in [0.717, 1.165) is 16.1 Å². The average molecular weight is 327 g/mol. The summed E-state index contributed by atoms with van der Waals surface area (Å²) in [6.07, 6.45) is 0.869. The lowest BCUT2D eigenvalue weighted by Gasteiger charge is -2.10. The summed E-state index contributed by atoms with van der Waals surface area (Å²) >= 11 is 1.53. The van der Waals surface area contributed by atoms with Gasteiger partial charge in [0.2, 0.25) is 5.91 Å². The summed E-state index contributed by atoms with van der Waals surface area (Å²) in [4.78, 5) is 31.1. The molecule has 3 aromatic rings. The standard InChI is InChI=1S/C17H17N3O2S/c1-3-13-9-14-16(23-13)18-11(2)20(17(14)22)10-15(21)19-12-7-5-4-6-8-12/h4-9H,3,10H2,1-2H3,(H,19,21). The van der Waals surface area contributed by atoms with Crippen molar-refractivity contribution in [3.05, 3.63) is 57.5 Å². The van der Waals surface area contributed by atoms with Gasteiger partial charge in [0.25, 0.3) is 5.56 Å². The fourth-order valence-corrected chi connectivity index (χ4v) is 3.40. The molecule has 0 bridgehead atoms. The smallest absolute Gasteiger partial charge is 0.262 e. The second-order valence-electron chi connectivity index (χ2n) is 5.25. The van der Waals surface area contributed by atoms with Gasteiger partial charge in [0.05, 0.1) is 5.39 Å². The summed E-state index contributed by atoms with van der Waals surface area (Å²) in [6.45, 7) is 3.76. The van der Waals surface area contributed by atoms with Crippen molar-refractivity contribution in [2.24, 2.45) is 0 Å². The highest BCUT2D eigenvalue weighted by molar-refractivity contribution is 7.18. The number of aryl methyl sites for hydroxylation is 2. The fourth-order valence-electron chi connectivity index (χ4n) is 2.39. The van der Waals surface area contributed by atoms with E-state index < -0.39 is 0 Å². The number of carbonyl (C=O) groups excluding carboxylic acids is 1. The van der Waals surface area contributed by atoms with Crippen LogP contribution in [0.25, 0.3) is 10.2 Å². The van der Waals surface area contributed by atoms with E-state index in [1.54, 1.807) is 19.1 Å². The van der Waals surface area contributed by atoms with Crippen LogP contribution in [0.3, 0.4) is 0 Å². The van der Waals surface area contributed by atoms with Crippen LogP contribution in [0.15, 0.2) is 41.2 Å². The molecule has 0 radical (unpaired) electrons. The van der Waals surface area contributed by atoms with Crippen LogP contribution in [-0.4, -0.2) is 15.5 Å². The third-order valence-electron chi connectivity index (χ3n) is 3.60. The van der Waals surface area contributed by atoms with Crippen molar-refractivity contribution >= 4 is 33.1 Å². The number of hydrogen-bond donors (Lipinski definition) is 1. The minimum absolute atomic E-state index is 0.0419. The van der Waals surface area contributed by atoms with Crippen molar-refractivity contribution in [2.75, 3.05) is 5.32 Å². The predicted octanol–water partition coefficient (Wildman–Crippen LogP) is 2.97. The van der Waals surface area contributed by atoms with Gasteiger partial charge < -0.3 is 5.32 Å². The molecule has 0 atom stereocenters. The molecule has 0 unspecified atom stereocenters. The van der Waals surface area contributed by atoms with E-state index in [1.807, 2.05) is 31.2 Å². The van der Waals surface area contributed by atoms with Gasteiger partial charge in [-0.25, -0.2) is 4.98 Å². The topological polar surface area (TPSA) is 64.0 Å². The Morgan fingerprint density at radius 1 is 1.30 bits per heavy atom. The maximum atomic E-state index is 12.6. The van der Waals surface area contributed by atoms with Crippen LogP contribution in [0.1, 0.15) is 17.6 Å². The van der Waals surface area contributed by atoms with E-state index >= 15 is 0 Å². The summed E-state index contributed by atoms with van der Waals surface area (Å²) in [5.74, 6) is 0.309. The molecule has 1 aromatic carbocycles. The number of anilines is 1. The molecule has 0 saturated heterocycles. The summed E-state index contributed by atoms with van der Waals surface area (Å²) in [6, 6.07) is 11.1. The average Bonchev–Trinajstić information content (AvgIpc) is 2.95. The Morgan fingerprint density at radius 2 is 2.04 bits per heavy atom. The van der Waals surface area contributed by atoms with Crippen LogP contribution >= 0.6 is 11.3 Å². The Morgan fingerprint density at radius 3 is 2.74 bits per heavy atom. The zero-order chi connectivity index (χ0) is 16.4. The first-order valence-corrected chi connectivity index (χ1v) is 8.25. The van der Waals surface area contributed by atoms with Gasteiger partial charge >= 0.3 is 0 Å². The molecule has 0 fully saturated rings. The minimum Gasteiger partial charge on any atom is -0.325 e. The van der Waals surface area contributed by atoms with E-state index in [2.05, 4.69) is 10.3 Å². The van der Waals surface area contributed by atoms with Crippen LogP contribution in [-0.2, 0) is 17.8 Å². The van der Waals surface area contributed by atoms with E-state index in [4.69, 9.17) is 0 Å². The number of aromatic nitrogens is 2. The van der Waals surface area contributed by atoms with E-state index in [0.29, 0.717) is 16.9 Å². The molecule has 5 nitrogen and oxygen atoms in total. The van der Waals surface area contributed by atoms with Crippen LogP contribution in [0.5, 0.6) is 0 Å². The Kier molecular flexibility index (Phi) is 4.25. The number of carbonyl (C=O) groups is 1. The van der Waals surface area contributed by atoms with E-state index in [-0.39, 0.29) is 18.0 Å². The zero-order valence-electron chi connectivity index (χ0n) is 13.0. The maximum absolute atomic E-state index is 12.6. The first kappa shape index (κ1) is 15.4. The van der Waals surface area contributed by atoms with Crippen molar-refractivity contribution in [2.45, 2.75) is 26.8 Å². The van der Waals surface area contributed by atoms with Gasteiger partial charge in [-0.3, -0.25) is 14.2 Å². The van der Waals surface area contributed by atoms with Crippen LogP contribution < -0.4 is 10.9 Å². The van der Waals surface area contributed by atoms with E-state index in [1.165, 1.54) is 15.9 Å². The molecule has 1 N–H and O–H groups in total. The lowest BCUT2D eigenvalue weighted by molar-refractivity contribution is -0.116. The third kappa shape index (κ3) is 3.17. The number of benzene rings is 1. The Hall–Kier alpha value is -2.47. The molecule has 0 aliphatic rings. The number of hydrogen-bond acceptors (Lipinski definition) is 4. The second-order valence-corrected chi connectivity index (χ2v) is 6.36. The van der Waals surface area contributed by atoms with Crippen molar-refractivity contribution < 1.29 is 4.79 Å². The molecule has 23 heavy (non-hydrogen) atoms. The maximum Gasteiger partial charge on any atom is 0.262 e. The predicted molar refractivity (Wildman–Crippen MR) is 93.1 cm³/mol. The van der Waals surface area contributed by atoms with Crippen molar-refractivity contribution in [3.63, 3.8) is 0 Å². The van der Waals surface area contributed by atoms with Crippen molar-refractivity contribution in [1.29, 1.82) is 0 Å².